The maximum Gasteiger partial charge on any atom is 0.0661 e. The monoisotopic (exact) mass is 327 g/mol. The first-order chi connectivity index (χ1) is 11.8. The molecule has 4 fully saturated rings. The van der Waals surface area contributed by atoms with Crippen LogP contribution in [0.3, 0.4) is 0 Å². The molecule has 0 aliphatic heterocycles. The summed E-state index contributed by atoms with van der Waals surface area (Å²) in [7, 11) is 0. The topological polar surface area (TPSA) is 23.8 Å². The third-order valence-corrected chi connectivity index (χ3v) is 7.38. The maximum atomic E-state index is 9.85. The second kappa shape index (κ2) is 8.55. The van der Waals surface area contributed by atoms with Crippen LogP contribution in [0.1, 0.15) is 96.3 Å². The van der Waals surface area contributed by atoms with E-state index in [1.807, 2.05) is 6.08 Å². The summed E-state index contributed by atoms with van der Waals surface area (Å²) in [5.74, 6) is 3.28. The average molecular weight is 328 g/mol. The van der Waals surface area contributed by atoms with Crippen molar-refractivity contribution in [3.8, 4) is 6.07 Å². The van der Waals surface area contributed by atoms with E-state index in [-0.39, 0.29) is 0 Å². The number of hydrogen-bond donors (Lipinski definition) is 0. The van der Waals surface area contributed by atoms with Crippen molar-refractivity contribution in [1.29, 1.82) is 5.26 Å². The lowest BCUT2D eigenvalue weighted by atomic mass is 9.46. The zero-order chi connectivity index (χ0) is 16.8. The van der Waals surface area contributed by atoms with Gasteiger partial charge < -0.3 is 0 Å². The van der Waals surface area contributed by atoms with Crippen molar-refractivity contribution in [2.24, 2.45) is 29.1 Å². The highest BCUT2D eigenvalue weighted by molar-refractivity contribution is 5.08. The van der Waals surface area contributed by atoms with Gasteiger partial charge in [0.15, 0.2) is 0 Å². The molecule has 0 heterocycles. The number of unbranched alkanes of at least 4 members (excludes halogenated alkanes) is 7. The van der Waals surface area contributed by atoms with Crippen LogP contribution in [0.2, 0.25) is 0 Å². The summed E-state index contributed by atoms with van der Waals surface area (Å²) in [6.45, 7) is 3.78. The summed E-state index contributed by atoms with van der Waals surface area (Å²) in [4.78, 5) is 0. The summed E-state index contributed by atoms with van der Waals surface area (Å²) < 4.78 is 0. The van der Waals surface area contributed by atoms with Crippen LogP contribution in [-0.4, -0.2) is 0 Å². The molecule has 4 bridgehead atoms. The number of nitriles is 1. The lowest BCUT2D eigenvalue weighted by Crippen LogP contribution is -2.49. The van der Waals surface area contributed by atoms with Gasteiger partial charge in [0.25, 0.3) is 0 Å². The van der Waals surface area contributed by atoms with Crippen molar-refractivity contribution < 1.29 is 0 Å². The second-order valence-electron chi connectivity index (χ2n) is 9.30. The number of hydrogen-bond acceptors (Lipinski definition) is 1. The zero-order valence-electron chi connectivity index (χ0n) is 15.6. The van der Waals surface area contributed by atoms with Gasteiger partial charge in [-0.3, -0.25) is 0 Å². The first-order valence-electron chi connectivity index (χ1n) is 10.8. The van der Waals surface area contributed by atoms with Gasteiger partial charge in [-0.1, -0.05) is 44.6 Å². The highest BCUT2D eigenvalue weighted by atomic mass is 14.6. The van der Waals surface area contributed by atoms with E-state index in [2.05, 4.69) is 12.6 Å². The molecule has 4 saturated carbocycles. The van der Waals surface area contributed by atoms with E-state index in [0.29, 0.717) is 11.3 Å². The molecular formula is C23H37N. The van der Waals surface area contributed by atoms with Crippen LogP contribution in [0.15, 0.2) is 12.7 Å². The molecule has 1 atom stereocenters. The van der Waals surface area contributed by atoms with Crippen LogP contribution in [0.25, 0.3) is 0 Å². The Morgan fingerprint density at radius 1 is 0.875 bits per heavy atom. The van der Waals surface area contributed by atoms with Gasteiger partial charge in [-0.05, 0) is 81.0 Å². The largest absolute Gasteiger partial charge is 0.198 e. The molecule has 0 aromatic rings. The summed E-state index contributed by atoms with van der Waals surface area (Å²) >= 11 is 0. The van der Waals surface area contributed by atoms with Crippen LogP contribution in [0.5, 0.6) is 0 Å². The summed E-state index contributed by atoms with van der Waals surface area (Å²) in [6.07, 6.45) is 22.5. The van der Waals surface area contributed by atoms with Gasteiger partial charge in [0.1, 0.15) is 0 Å². The van der Waals surface area contributed by atoms with Crippen molar-refractivity contribution in [1.82, 2.24) is 0 Å². The molecule has 24 heavy (non-hydrogen) atoms. The lowest BCUT2D eigenvalue weighted by Gasteiger charge is -2.58. The second-order valence-corrected chi connectivity index (χ2v) is 9.30. The Kier molecular flexibility index (Phi) is 6.43. The van der Waals surface area contributed by atoms with Gasteiger partial charge in [0, 0.05) is 0 Å². The number of allylic oxidation sites excluding steroid dienone is 1. The number of nitrogens with zero attached hydrogens (tertiary/aromatic N) is 1. The Hall–Kier alpha value is -0.770. The van der Waals surface area contributed by atoms with Crippen LogP contribution in [0.4, 0.5) is 0 Å². The number of rotatable bonds is 11. The normalized spacial score (nSPS) is 34.9. The van der Waals surface area contributed by atoms with Gasteiger partial charge >= 0.3 is 0 Å². The Bertz CT molecular complexity index is 408. The Balaban J connectivity index is 1.35. The third kappa shape index (κ3) is 4.25. The molecule has 0 N–H and O–H groups in total. The van der Waals surface area contributed by atoms with Gasteiger partial charge in [0.2, 0.25) is 0 Å². The van der Waals surface area contributed by atoms with Crippen LogP contribution in [-0.2, 0) is 0 Å². The first kappa shape index (κ1) is 18.0. The van der Waals surface area contributed by atoms with E-state index in [4.69, 9.17) is 0 Å². The summed E-state index contributed by atoms with van der Waals surface area (Å²) in [6, 6.07) is 2.77. The minimum atomic E-state index is 0.360. The molecule has 4 aliphatic rings. The molecular weight excluding hydrogens is 290 g/mol. The summed E-state index contributed by atoms with van der Waals surface area (Å²) in [5, 5.41) is 9.85. The van der Waals surface area contributed by atoms with Crippen LogP contribution < -0.4 is 0 Å². The fourth-order valence-corrected chi connectivity index (χ4v) is 6.63. The molecule has 1 unspecified atom stereocenters. The van der Waals surface area contributed by atoms with Crippen LogP contribution >= 0.6 is 0 Å². The molecule has 0 saturated heterocycles. The molecule has 134 valence electrons. The maximum absolute atomic E-state index is 9.85. The fraction of sp³-hybridized carbons (Fsp3) is 0.870. The Morgan fingerprint density at radius 3 is 1.88 bits per heavy atom. The van der Waals surface area contributed by atoms with Crippen molar-refractivity contribution in [2.45, 2.75) is 96.3 Å². The molecule has 4 aliphatic carbocycles. The standard InChI is InChI=1S/C23H37N/c1-2-3-4-5-6-7-8-9-10-11-22(18-24)23-15-19-12-20(16-23)14-21(13-19)17-23/h2,19-22H,1,3-17H2. The fourth-order valence-electron chi connectivity index (χ4n) is 6.63. The van der Waals surface area contributed by atoms with E-state index >= 15 is 0 Å². The van der Waals surface area contributed by atoms with E-state index in [1.54, 1.807) is 0 Å². The van der Waals surface area contributed by atoms with Crippen LogP contribution in [0, 0.1) is 40.4 Å². The third-order valence-electron chi connectivity index (χ3n) is 7.38. The first-order valence-corrected chi connectivity index (χ1v) is 10.8. The Labute approximate surface area is 149 Å². The minimum Gasteiger partial charge on any atom is -0.198 e. The zero-order valence-corrected chi connectivity index (χ0v) is 15.6. The molecule has 0 radical (unpaired) electrons. The van der Waals surface area contributed by atoms with E-state index < -0.39 is 0 Å². The van der Waals surface area contributed by atoms with Crippen molar-refractivity contribution in [2.75, 3.05) is 0 Å². The van der Waals surface area contributed by atoms with E-state index in [9.17, 15) is 5.26 Å². The molecule has 1 nitrogen and oxygen atoms in total. The van der Waals surface area contributed by atoms with Crippen molar-refractivity contribution in [3.63, 3.8) is 0 Å². The molecule has 4 rings (SSSR count). The quantitative estimate of drug-likeness (QED) is 0.295. The van der Waals surface area contributed by atoms with Gasteiger partial charge in [-0.25, -0.2) is 0 Å². The smallest absolute Gasteiger partial charge is 0.0661 e. The van der Waals surface area contributed by atoms with Crippen molar-refractivity contribution in [3.05, 3.63) is 12.7 Å². The Morgan fingerprint density at radius 2 is 1.38 bits per heavy atom. The minimum absolute atomic E-state index is 0.360. The van der Waals surface area contributed by atoms with Gasteiger partial charge in [0.05, 0.1) is 12.0 Å². The van der Waals surface area contributed by atoms with E-state index in [1.165, 1.54) is 96.3 Å². The lowest BCUT2D eigenvalue weighted by molar-refractivity contribution is -0.0765. The van der Waals surface area contributed by atoms with Gasteiger partial charge in [-0.15, -0.1) is 6.58 Å². The molecule has 0 amide bonds. The molecule has 1 heteroatoms. The predicted molar refractivity (Wildman–Crippen MR) is 101 cm³/mol. The SMILES string of the molecule is C=CCCCCCCCCCC(C#N)C12CC3CC(CC(C3)C1)C2. The highest BCUT2D eigenvalue weighted by Gasteiger charge is 2.53. The molecule has 0 aromatic carbocycles. The molecule has 0 spiro atoms. The highest BCUT2D eigenvalue weighted by Crippen LogP contribution is 2.63. The molecule has 0 aromatic heterocycles. The predicted octanol–water partition coefficient (Wildman–Crippen LogP) is 7.04. The van der Waals surface area contributed by atoms with Crippen molar-refractivity contribution >= 4 is 0 Å². The van der Waals surface area contributed by atoms with Gasteiger partial charge in [-0.2, -0.15) is 5.26 Å². The van der Waals surface area contributed by atoms with E-state index in [0.717, 1.165) is 17.8 Å². The summed E-state index contributed by atoms with van der Waals surface area (Å²) in [5.41, 5.74) is 0.439. The average Bonchev–Trinajstić information content (AvgIpc) is 2.55.